The maximum Gasteiger partial charge on any atom is 0.271 e. The Morgan fingerprint density at radius 2 is 2.29 bits per heavy atom. The molecule has 6 nitrogen and oxygen atoms in total. The number of carbonyl (C=O) groups is 1. The highest BCUT2D eigenvalue weighted by molar-refractivity contribution is 5.84. The number of nitro benzene ring substituents is 1. The Morgan fingerprint density at radius 3 is 2.94 bits per heavy atom. The Kier molecular flexibility index (Phi) is 2.86. The van der Waals surface area contributed by atoms with E-state index in [4.69, 9.17) is 0 Å². The third-order valence-electron chi connectivity index (χ3n) is 2.56. The van der Waals surface area contributed by atoms with Gasteiger partial charge in [0.25, 0.3) is 5.69 Å². The van der Waals surface area contributed by atoms with Gasteiger partial charge in [-0.15, -0.1) is 0 Å². The number of non-ortho nitro benzene ring substituents is 1. The molecule has 2 aromatic rings. The number of fused-ring (bicyclic) bond motifs is 1. The van der Waals surface area contributed by atoms with Crippen LogP contribution >= 0.6 is 0 Å². The smallest absolute Gasteiger partial charge is 0.271 e. The number of ketones is 1. The molecule has 2 rings (SSSR count). The highest BCUT2D eigenvalue weighted by Crippen LogP contribution is 2.20. The molecule has 0 atom stereocenters. The fourth-order valence-electron chi connectivity index (χ4n) is 1.58. The first kappa shape index (κ1) is 11.3. The molecule has 0 N–H and O–H groups in total. The van der Waals surface area contributed by atoms with Gasteiger partial charge >= 0.3 is 0 Å². The maximum atomic E-state index is 11.3. The first-order chi connectivity index (χ1) is 8.11. The van der Waals surface area contributed by atoms with Gasteiger partial charge in [0.15, 0.2) is 5.78 Å². The van der Waals surface area contributed by atoms with Crippen LogP contribution in [0.3, 0.4) is 0 Å². The minimum absolute atomic E-state index is 0.00296. The SMILES string of the molecule is CCC(=O)Cn1ncc2ccc([N+](=O)[O-])cc21. The Balaban J connectivity index is 2.46. The van der Waals surface area contributed by atoms with Crippen molar-refractivity contribution >= 4 is 22.4 Å². The Bertz CT molecular complexity index is 589. The standard InChI is InChI=1S/C11H11N3O3/c1-2-10(15)7-13-11-5-9(14(16)17)4-3-8(11)6-12-13/h3-6H,2,7H2,1H3. The number of aromatic nitrogens is 2. The summed E-state index contributed by atoms with van der Waals surface area (Å²) < 4.78 is 1.49. The summed E-state index contributed by atoms with van der Waals surface area (Å²) in [5, 5.41) is 15.5. The Morgan fingerprint density at radius 1 is 1.53 bits per heavy atom. The van der Waals surface area contributed by atoms with Crippen LogP contribution in [0.1, 0.15) is 13.3 Å². The quantitative estimate of drug-likeness (QED) is 0.597. The highest BCUT2D eigenvalue weighted by Gasteiger charge is 2.11. The van der Waals surface area contributed by atoms with Crippen molar-refractivity contribution in [2.24, 2.45) is 0 Å². The van der Waals surface area contributed by atoms with Gasteiger partial charge in [-0.05, 0) is 6.07 Å². The highest BCUT2D eigenvalue weighted by atomic mass is 16.6. The van der Waals surface area contributed by atoms with Crippen molar-refractivity contribution in [2.45, 2.75) is 19.9 Å². The summed E-state index contributed by atoms with van der Waals surface area (Å²) in [6.07, 6.45) is 2.03. The summed E-state index contributed by atoms with van der Waals surface area (Å²) in [5.74, 6) is 0.0431. The second kappa shape index (κ2) is 4.32. The first-order valence-corrected chi connectivity index (χ1v) is 5.23. The van der Waals surface area contributed by atoms with E-state index in [1.807, 2.05) is 0 Å². The normalized spacial score (nSPS) is 10.6. The molecule has 0 aliphatic heterocycles. The van der Waals surface area contributed by atoms with Crippen LogP contribution in [-0.4, -0.2) is 20.5 Å². The summed E-state index contributed by atoms with van der Waals surface area (Å²) in [7, 11) is 0. The lowest BCUT2D eigenvalue weighted by atomic mass is 10.2. The monoisotopic (exact) mass is 233 g/mol. The van der Waals surface area contributed by atoms with E-state index in [2.05, 4.69) is 5.10 Å². The van der Waals surface area contributed by atoms with Crippen LogP contribution in [0, 0.1) is 10.1 Å². The summed E-state index contributed by atoms with van der Waals surface area (Å²) in [6, 6.07) is 4.49. The van der Waals surface area contributed by atoms with Crippen molar-refractivity contribution in [3.63, 3.8) is 0 Å². The van der Waals surface area contributed by atoms with Crippen LogP contribution in [0.15, 0.2) is 24.4 Å². The van der Waals surface area contributed by atoms with Gasteiger partial charge in [-0.1, -0.05) is 6.92 Å². The van der Waals surface area contributed by atoms with E-state index in [1.165, 1.54) is 16.8 Å². The van der Waals surface area contributed by atoms with E-state index in [-0.39, 0.29) is 18.0 Å². The zero-order chi connectivity index (χ0) is 12.4. The average molecular weight is 233 g/mol. The predicted octanol–water partition coefficient (Wildman–Crippen LogP) is 1.92. The number of nitrogens with zero attached hydrogens (tertiary/aromatic N) is 3. The molecule has 1 heterocycles. The largest absolute Gasteiger partial charge is 0.298 e. The topological polar surface area (TPSA) is 78.0 Å². The number of hydrogen-bond donors (Lipinski definition) is 0. The molecular formula is C11H11N3O3. The van der Waals surface area contributed by atoms with Crippen molar-refractivity contribution in [3.8, 4) is 0 Å². The number of carbonyl (C=O) groups excluding carboxylic acids is 1. The van der Waals surface area contributed by atoms with Crippen LogP contribution in [0.2, 0.25) is 0 Å². The predicted molar refractivity (Wildman–Crippen MR) is 61.7 cm³/mol. The second-order valence-electron chi connectivity index (χ2n) is 3.69. The van der Waals surface area contributed by atoms with Gasteiger partial charge in [0.1, 0.15) is 6.54 Å². The van der Waals surface area contributed by atoms with Crippen LogP contribution in [0.4, 0.5) is 5.69 Å². The van der Waals surface area contributed by atoms with E-state index in [0.29, 0.717) is 11.9 Å². The zero-order valence-corrected chi connectivity index (χ0v) is 9.29. The molecule has 0 bridgehead atoms. The average Bonchev–Trinajstić information content (AvgIpc) is 2.71. The molecule has 0 radical (unpaired) electrons. The summed E-state index contributed by atoms with van der Waals surface area (Å²) in [4.78, 5) is 21.6. The number of rotatable bonds is 4. The third-order valence-corrected chi connectivity index (χ3v) is 2.56. The van der Waals surface area contributed by atoms with Gasteiger partial charge in [-0.2, -0.15) is 5.10 Å². The number of Topliss-reactive ketones (excluding diaryl/α,β-unsaturated/α-hetero) is 1. The van der Waals surface area contributed by atoms with Crippen LogP contribution in [0.25, 0.3) is 10.9 Å². The molecule has 6 heteroatoms. The van der Waals surface area contributed by atoms with Crippen molar-refractivity contribution in [1.29, 1.82) is 0 Å². The van der Waals surface area contributed by atoms with E-state index in [9.17, 15) is 14.9 Å². The molecule has 0 fully saturated rings. The molecule has 0 aliphatic rings. The minimum atomic E-state index is -0.460. The number of hydrogen-bond acceptors (Lipinski definition) is 4. The lowest BCUT2D eigenvalue weighted by Crippen LogP contribution is -2.09. The van der Waals surface area contributed by atoms with Crippen molar-refractivity contribution < 1.29 is 9.72 Å². The molecule has 0 saturated carbocycles. The van der Waals surface area contributed by atoms with Gasteiger partial charge in [0, 0.05) is 23.9 Å². The molecule has 0 aliphatic carbocycles. The number of nitro groups is 1. The van der Waals surface area contributed by atoms with E-state index in [0.717, 1.165) is 5.39 Å². The van der Waals surface area contributed by atoms with E-state index < -0.39 is 4.92 Å². The fourth-order valence-corrected chi connectivity index (χ4v) is 1.58. The summed E-state index contributed by atoms with van der Waals surface area (Å²) in [6.45, 7) is 1.93. The lowest BCUT2D eigenvalue weighted by Gasteiger charge is -2.01. The van der Waals surface area contributed by atoms with Crippen molar-refractivity contribution in [3.05, 3.63) is 34.5 Å². The molecule has 88 valence electrons. The number of benzene rings is 1. The first-order valence-electron chi connectivity index (χ1n) is 5.23. The molecule has 17 heavy (non-hydrogen) atoms. The second-order valence-corrected chi connectivity index (χ2v) is 3.69. The van der Waals surface area contributed by atoms with Gasteiger partial charge in [-0.3, -0.25) is 19.6 Å². The summed E-state index contributed by atoms with van der Waals surface area (Å²) in [5.41, 5.74) is 0.615. The van der Waals surface area contributed by atoms with Gasteiger partial charge in [-0.25, -0.2) is 0 Å². The zero-order valence-electron chi connectivity index (χ0n) is 9.29. The summed E-state index contributed by atoms with van der Waals surface area (Å²) >= 11 is 0. The van der Waals surface area contributed by atoms with Crippen molar-refractivity contribution in [1.82, 2.24) is 9.78 Å². The van der Waals surface area contributed by atoms with Crippen LogP contribution < -0.4 is 0 Å². The van der Waals surface area contributed by atoms with E-state index >= 15 is 0 Å². The molecule has 0 spiro atoms. The van der Waals surface area contributed by atoms with Crippen LogP contribution in [0.5, 0.6) is 0 Å². The van der Waals surface area contributed by atoms with Gasteiger partial charge < -0.3 is 0 Å². The molecule has 1 aromatic carbocycles. The molecule has 0 amide bonds. The lowest BCUT2D eigenvalue weighted by molar-refractivity contribution is -0.384. The van der Waals surface area contributed by atoms with Gasteiger partial charge in [0.2, 0.25) is 0 Å². The Labute approximate surface area is 97.0 Å². The molecular weight excluding hydrogens is 222 g/mol. The molecule has 1 aromatic heterocycles. The van der Waals surface area contributed by atoms with Gasteiger partial charge in [0.05, 0.1) is 16.6 Å². The minimum Gasteiger partial charge on any atom is -0.298 e. The fraction of sp³-hybridized carbons (Fsp3) is 0.273. The molecule has 0 unspecified atom stereocenters. The Hall–Kier alpha value is -2.24. The molecule has 0 saturated heterocycles. The van der Waals surface area contributed by atoms with E-state index in [1.54, 1.807) is 19.2 Å². The maximum absolute atomic E-state index is 11.3. The van der Waals surface area contributed by atoms with Crippen molar-refractivity contribution in [2.75, 3.05) is 0 Å². The third kappa shape index (κ3) is 2.15. The van der Waals surface area contributed by atoms with Crippen LogP contribution in [-0.2, 0) is 11.3 Å².